The Bertz CT molecular complexity index is 543. The Balaban J connectivity index is 2.27. The predicted molar refractivity (Wildman–Crippen MR) is 73.7 cm³/mol. The highest BCUT2D eigenvalue weighted by Gasteiger charge is 2.05. The van der Waals surface area contributed by atoms with E-state index in [-0.39, 0.29) is 5.82 Å². The number of anilines is 2. The molecule has 4 heteroatoms. The molecule has 2 aromatic carbocycles. The molecular formula is C13H8FIN2. The normalized spacial score (nSPS) is 9.71. The standard InChI is InChI=1S/C13H8FIN2/c14-11-3-7-13(8-4-11)17(15)12-5-1-10(9-16)2-6-12/h1-8H. The van der Waals surface area contributed by atoms with Crippen molar-refractivity contribution >= 4 is 34.2 Å². The van der Waals surface area contributed by atoms with Crippen LogP contribution in [-0.4, -0.2) is 0 Å². The van der Waals surface area contributed by atoms with Crippen LogP contribution in [0.5, 0.6) is 0 Å². The van der Waals surface area contributed by atoms with Gasteiger partial charge in [-0.15, -0.1) is 0 Å². The first-order chi connectivity index (χ1) is 8.20. The van der Waals surface area contributed by atoms with Gasteiger partial charge in [0.05, 0.1) is 45.9 Å². The molecule has 0 heterocycles. The van der Waals surface area contributed by atoms with Crippen molar-refractivity contribution in [2.75, 3.05) is 3.11 Å². The van der Waals surface area contributed by atoms with Crippen molar-refractivity contribution in [2.45, 2.75) is 0 Å². The Morgan fingerprint density at radius 1 is 0.941 bits per heavy atom. The third-order valence-electron chi connectivity index (χ3n) is 2.28. The van der Waals surface area contributed by atoms with E-state index in [4.69, 9.17) is 5.26 Å². The Hall–Kier alpha value is -1.61. The molecule has 0 fully saturated rings. The summed E-state index contributed by atoms with van der Waals surface area (Å²) >= 11 is 2.14. The summed E-state index contributed by atoms with van der Waals surface area (Å²) in [6.45, 7) is 0. The lowest BCUT2D eigenvalue weighted by Gasteiger charge is -2.16. The van der Waals surface area contributed by atoms with Crippen LogP contribution in [0.4, 0.5) is 15.8 Å². The van der Waals surface area contributed by atoms with E-state index in [0.717, 1.165) is 11.4 Å². The minimum atomic E-state index is -0.252. The summed E-state index contributed by atoms with van der Waals surface area (Å²) in [5.41, 5.74) is 2.45. The van der Waals surface area contributed by atoms with Gasteiger partial charge in [-0.1, -0.05) is 0 Å². The number of halogens is 2. The molecule has 0 aliphatic heterocycles. The number of rotatable bonds is 2. The first-order valence-electron chi connectivity index (χ1n) is 4.92. The second-order valence-corrected chi connectivity index (χ2v) is 4.38. The van der Waals surface area contributed by atoms with E-state index >= 15 is 0 Å². The summed E-state index contributed by atoms with van der Waals surface area (Å²) in [6.07, 6.45) is 0. The van der Waals surface area contributed by atoms with Crippen molar-refractivity contribution in [3.05, 3.63) is 59.9 Å². The maximum Gasteiger partial charge on any atom is 0.123 e. The summed E-state index contributed by atoms with van der Waals surface area (Å²) < 4.78 is 14.7. The van der Waals surface area contributed by atoms with Crippen molar-refractivity contribution in [3.8, 4) is 6.07 Å². The summed E-state index contributed by atoms with van der Waals surface area (Å²) in [5.74, 6) is -0.252. The van der Waals surface area contributed by atoms with Gasteiger partial charge in [-0.05, 0) is 48.5 Å². The van der Waals surface area contributed by atoms with Crippen LogP contribution in [-0.2, 0) is 0 Å². The Morgan fingerprint density at radius 2 is 1.41 bits per heavy atom. The van der Waals surface area contributed by atoms with E-state index in [0.29, 0.717) is 5.56 Å². The van der Waals surface area contributed by atoms with Gasteiger partial charge in [0.25, 0.3) is 0 Å². The Kier molecular flexibility index (Phi) is 3.59. The first-order valence-corrected chi connectivity index (χ1v) is 5.89. The number of nitrogens with zero attached hydrogens (tertiary/aromatic N) is 2. The van der Waals surface area contributed by atoms with E-state index < -0.39 is 0 Å². The van der Waals surface area contributed by atoms with Gasteiger partial charge < -0.3 is 0 Å². The molecule has 0 aromatic heterocycles. The maximum atomic E-state index is 12.8. The monoisotopic (exact) mass is 338 g/mol. The topological polar surface area (TPSA) is 27.0 Å². The van der Waals surface area contributed by atoms with Gasteiger partial charge in [0.1, 0.15) is 5.82 Å². The molecule has 0 saturated heterocycles. The predicted octanol–water partition coefficient (Wildman–Crippen LogP) is 4.19. The number of hydrogen-bond donors (Lipinski definition) is 0. The molecule has 0 spiro atoms. The number of hydrogen-bond acceptors (Lipinski definition) is 2. The largest absolute Gasteiger partial charge is 0.283 e. The van der Waals surface area contributed by atoms with Crippen LogP contribution in [0, 0.1) is 17.1 Å². The van der Waals surface area contributed by atoms with Gasteiger partial charge in [0.15, 0.2) is 0 Å². The van der Waals surface area contributed by atoms with Crippen molar-refractivity contribution in [3.63, 3.8) is 0 Å². The van der Waals surface area contributed by atoms with Crippen LogP contribution in [0.2, 0.25) is 0 Å². The van der Waals surface area contributed by atoms with Gasteiger partial charge in [0.2, 0.25) is 0 Å². The highest BCUT2D eigenvalue weighted by Crippen LogP contribution is 2.29. The molecule has 0 aliphatic carbocycles. The van der Waals surface area contributed by atoms with Crippen LogP contribution in [0.25, 0.3) is 0 Å². The summed E-state index contributed by atoms with van der Waals surface area (Å²) in [4.78, 5) is 0. The molecule has 0 bridgehead atoms. The maximum absolute atomic E-state index is 12.8. The van der Waals surface area contributed by atoms with Crippen LogP contribution in [0.1, 0.15) is 5.56 Å². The Morgan fingerprint density at radius 3 is 1.88 bits per heavy atom. The number of benzene rings is 2. The molecule has 0 N–H and O–H groups in total. The Labute approximate surface area is 113 Å². The smallest absolute Gasteiger partial charge is 0.123 e. The van der Waals surface area contributed by atoms with Crippen molar-refractivity contribution in [1.82, 2.24) is 0 Å². The lowest BCUT2D eigenvalue weighted by Crippen LogP contribution is -2.00. The molecule has 0 atom stereocenters. The highest BCUT2D eigenvalue weighted by molar-refractivity contribution is 14.1. The van der Waals surface area contributed by atoms with Crippen LogP contribution in [0.3, 0.4) is 0 Å². The lowest BCUT2D eigenvalue weighted by molar-refractivity contribution is 0.628. The second kappa shape index (κ2) is 5.15. The SMILES string of the molecule is N#Cc1ccc(N(I)c2ccc(F)cc2)cc1. The van der Waals surface area contributed by atoms with Crippen LogP contribution >= 0.6 is 22.9 Å². The van der Waals surface area contributed by atoms with E-state index in [9.17, 15) is 4.39 Å². The van der Waals surface area contributed by atoms with Gasteiger partial charge in [0, 0.05) is 0 Å². The fourth-order valence-corrected chi connectivity index (χ4v) is 2.03. The van der Waals surface area contributed by atoms with Gasteiger partial charge >= 0.3 is 0 Å². The molecule has 0 unspecified atom stereocenters. The zero-order valence-electron chi connectivity index (χ0n) is 8.77. The van der Waals surface area contributed by atoms with Crippen molar-refractivity contribution in [2.24, 2.45) is 0 Å². The minimum absolute atomic E-state index is 0.252. The molecule has 2 rings (SSSR count). The van der Waals surface area contributed by atoms with Crippen LogP contribution in [0.15, 0.2) is 48.5 Å². The first kappa shape index (κ1) is 11.9. The molecule has 84 valence electrons. The molecular weight excluding hydrogens is 330 g/mol. The van der Waals surface area contributed by atoms with Crippen molar-refractivity contribution < 1.29 is 4.39 Å². The molecule has 0 amide bonds. The quantitative estimate of drug-likeness (QED) is 0.607. The van der Waals surface area contributed by atoms with Gasteiger partial charge in [-0.3, -0.25) is 3.11 Å². The zero-order chi connectivity index (χ0) is 12.3. The second-order valence-electron chi connectivity index (χ2n) is 3.42. The van der Waals surface area contributed by atoms with E-state index in [1.807, 2.05) is 15.2 Å². The molecule has 2 aromatic rings. The number of nitriles is 1. The molecule has 17 heavy (non-hydrogen) atoms. The van der Waals surface area contributed by atoms with Crippen molar-refractivity contribution in [1.29, 1.82) is 5.26 Å². The molecule has 2 nitrogen and oxygen atoms in total. The molecule has 0 saturated carbocycles. The average Bonchev–Trinajstić information content (AvgIpc) is 2.39. The van der Waals surface area contributed by atoms with E-state index in [2.05, 4.69) is 28.9 Å². The third kappa shape index (κ3) is 2.74. The summed E-state index contributed by atoms with van der Waals surface area (Å²) in [7, 11) is 0. The average molecular weight is 338 g/mol. The van der Waals surface area contributed by atoms with Gasteiger partial charge in [-0.2, -0.15) is 5.26 Å². The van der Waals surface area contributed by atoms with Gasteiger partial charge in [-0.25, -0.2) is 4.39 Å². The summed E-state index contributed by atoms with van der Waals surface area (Å²) in [5, 5.41) is 8.71. The fourth-order valence-electron chi connectivity index (χ4n) is 1.39. The van der Waals surface area contributed by atoms with E-state index in [1.54, 1.807) is 24.3 Å². The molecule has 0 radical (unpaired) electrons. The zero-order valence-corrected chi connectivity index (χ0v) is 10.9. The fraction of sp³-hybridized carbons (Fsp3) is 0. The lowest BCUT2D eigenvalue weighted by atomic mass is 10.2. The van der Waals surface area contributed by atoms with E-state index in [1.165, 1.54) is 12.1 Å². The highest BCUT2D eigenvalue weighted by atomic mass is 127. The molecule has 0 aliphatic rings. The summed E-state index contributed by atoms with van der Waals surface area (Å²) in [6, 6.07) is 15.5. The van der Waals surface area contributed by atoms with Crippen LogP contribution < -0.4 is 3.11 Å². The minimum Gasteiger partial charge on any atom is -0.283 e. The third-order valence-corrected chi connectivity index (χ3v) is 3.39.